The molecule has 4 nitrogen and oxygen atoms in total. The quantitative estimate of drug-likeness (QED) is 0.780. The monoisotopic (exact) mass is 304 g/mol. The van der Waals surface area contributed by atoms with E-state index in [9.17, 15) is 4.39 Å². The lowest BCUT2D eigenvalue weighted by Gasteiger charge is -2.10. The first-order chi connectivity index (χ1) is 10.0. The minimum Gasteiger partial charge on any atom is -0.352 e. The number of rotatable bonds is 3. The molecule has 0 spiro atoms. The average molecular weight is 305 g/mol. The second-order valence-corrected chi connectivity index (χ2v) is 5.48. The Labute approximate surface area is 126 Å². The topological polar surface area (TPSA) is 42.2 Å². The molecule has 1 aromatic carbocycles. The van der Waals surface area contributed by atoms with E-state index in [-0.39, 0.29) is 11.7 Å². The van der Waals surface area contributed by atoms with Crippen molar-refractivity contribution in [3.8, 4) is 0 Å². The Balaban J connectivity index is 2.10. The third-order valence-electron chi connectivity index (χ3n) is 3.16. The van der Waals surface area contributed by atoms with E-state index in [1.54, 1.807) is 28.9 Å². The second-order valence-electron chi connectivity index (χ2n) is 5.09. The lowest BCUT2D eigenvalue weighted by atomic mass is 10.2. The maximum atomic E-state index is 13.3. The van der Waals surface area contributed by atoms with Crippen molar-refractivity contribution in [3.63, 3.8) is 0 Å². The van der Waals surface area contributed by atoms with Gasteiger partial charge in [-0.05, 0) is 24.1 Å². The van der Waals surface area contributed by atoms with Gasteiger partial charge in [-0.3, -0.25) is 0 Å². The zero-order valence-corrected chi connectivity index (χ0v) is 12.4. The summed E-state index contributed by atoms with van der Waals surface area (Å²) in [5.41, 5.74) is 2.95. The van der Waals surface area contributed by atoms with Crippen molar-refractivity contribution < 1.29 is 4.39 Å². The van der Waals surface area contributed by atoms with Crippen LogP contribution in [0.3, 0.4) is 0 Å². The van der Waals surface area contributed by atoms with Crippen molar-refractivity contribution in [2.75, 3.05) is 5.32 Å². The highest BCUT2D eigenvalue weighted by Gasteiger charge is 2.13. The van der Waals surface area contributed by atoms with Crippen LogP contribution in [0.4, 0.5) is 15.8 Å². The molecule has 2 aromatic heterocycles. The summed E-state index contributed by atoms with van der Waals surface area (Å²) in [6.45, 7) is 4.12. The Hall–Kier alpha value is -2.14. The molecule has 0 aliphatic rings. The molecular weight excluding hydrogens is 291 g/mol. The Morgan fingerprint density at radius 3 is 2.81 bits per heavy atom. The van der Waals surface area contributed by atoms with Gasteiger partial charge in [-0.2, -0.15) is 5.10 Å². The predicted molar refractivity (Wildman–Crippen MR) is 81.8 cm³/mol. The lowest BCUT2D eigenvalue weighted by molar-refractivity contribution is 0.628. The van der Waals surface area contributed by atoms with Gasteiger partial charge in [0.05, 0.1) is 17.6 Å². The summed E-state index contributed by atoms with van der Waals surface area (Å²) in [6, 6.07) is 7.91. The number of halogens is 2. The number of aromatic nitrogens is 3. The molecule has 3 rings (SSSR count). The number of benzene rings is 1. The van der Waals surface area contributed by atoms with Gasteiger partial charge in [0.15, 0.2) is 10.8 Å². The van der Waals surface area contributed by atoms with Crippen molar-refractivity contribution in [1.29, 1.82) is 0 Å². The molecule has 21 heavy (non-hydrogen) atoms. The highest BCUT2D eigenvalue weighted by Crippen LogP contribution is 2.26. The standard InChI is InChI=1S/C15H14ClFN4/c1-9(2)13-8-18-15-12(7-14(16)20-21(13)15)19-11-5-3-4-10(17)6-11/h3-9,19H,1-2H3. The zero-order valence-electron chi connectivity index (χ0n) is 11.6. The van der Waals surface area contributed by atoms with E-state index < -0.39 is 0 Å². The van der Waals surface area contributed by atoms with Crippen molar-refractivity contribution in [2.45, 2.75) is 19.8 Å². The minimum absolute atomic E-state index is 0.271. The Bertz CT molecular complexity index is 797. The predicted octanol–water partition coefficient (Wildman–Crippen LogP) is 4.39. The molecule has 0 saturated carbocycles. The van der Waals surface area contributed by atoms with Crippen LogP contribution in [-0.2, 0) is 0 Å². The van der Waals surface area contributed by atoms with Crippen molar-refractivity contribution in [1.82, 2.24) is 14.6 Å². The average Bonchev–Trinajstić information content (AvgIpc) is 2.82. The first-order valence-corrected chi connectivity index (χ1v) is 6.99. The lowest BCUT2D eigenvalue weighted by Crippen LogP contribution is -2.02. The molecule has 2 heterocycles. The van der Waals surface area contributed by atoms with Crippen LogP contribution >= 0.6 is 11.6 Å². The van der Waals surface area contributed by atoms with Crippen LogP contribution in [0.15, 0.2) is 36.5 Å². The van der Waals surface area contributed by atoms with Gasteiger partial charge in [0.2, 0.25) is 0 Å². The molecule has 0 aliphatic carbocycles. The summed E-state index contributed by atoms with van der Waals surface area (Å²) < 4.78 is 15.0. The molecule has 0 aliphatic heterocycles. The van der Waals surface area contributed by atoms with Gasteiger partial charge >= 0.3 is 0 Å². The van der Waals surface area contributed by atoms with Crippen LogP contribution < -0.4 is 5.32 Å². The molecule has 0 radical (unpaired) electrons. The number of fused-ring (bicyclic) bond motifs is 1. The maximum absolute atomic E-state index is 13.3. The fourth-order valence-corrected chi connectivity index (χ4v) is 2.35. The molecule has 0 bridgehead atoms. The van der Waals surface area contributed by atoms with E-state index in [1.807, 2.05) is 0 Å². The van der Waals surface area contributed by atoms with E-state index in [0.29, 0.717) is 22.2 Å². The number of nitrogens with one attached hydrogen (secondary N) is 1. The third-order valence-corrected chi connectivity index (χ3v) is 3.34. The van der Waals surface area contributed by atoms with E-state index in [0.717, 1.165) is 5.69 Å². The Morgan fingerprint density at radius 1 is 1.29 bits per heavy atom. The van der Waals surface area contributed by atoms with Crippen LogP contribution in [0.1, 0.15) is 25.5 Å². The molecule has 3 aromatic rings. The van der Waals surface area contributed by atoms with E-state index in [4.69, 9.17) is 11.6 Å². The summed E-state index contributed by atoms with van der Waals surface area (Å²) in [6.07, 6.45) is 1.78. The van der Waals surface area contributed by atoms with E-state index in [2.05, 4.69) is 29.2 Å². The smallest absolute Gasteiger partial charge is 0.177 e. The maximum Gasteiger partial charge on any atom is 0.177 e. The van der Waals surface area contributed by atoms with Gasteiger partial charge in [0.1, 0.15) is 5.82 Å². The molecule has 0 fully saturated rings. The van der Waals surface area contributed by atoms with Gasteiger partial charge in [-0.15, -0.1) is 0 Å². The van der Waals surface area contributed by atoms with Gasteiger partial charge in [0, 0.05) is 11.8 Å². The van der Waals surface area contributed by atoms with E-state index >= 15 is 0 Å². The van der Waals surface area contributed by atoms with Crippen LogP contribution in [0.2, 0.25) is 5.15 Å². The second kappa shape index (κ2) is 5.33. The van der Waals surface area contributed by atoms with Crippen LogP contribution in [0, 0.1) is 5.82 Å². The number of imidazole rings is 1. The fraction of sp³-hybridized carbons (Fsp3) is 0.200. The number of hydrogen-bond donors (Lipinski definition) is 1. The van der Waals surface area contributed by atoms with Crippen LogP contribution in [0.25, 0.3) is 5.65 Å². The minimum atomic E-state index is -0.303. The Kier molecular flexibility index (Phi) is 3.51. The van der Waals surface area contributed by atoms with Crippen molar-refractivity contribution in [3.05, 3.63) is 53.2 Å². The summed E-state index contributed by atoms with van der Waals surface area (Å²) in [7, 11) is 0. The van der Waals surface area contributed by atoms with Crippen molar-refractivity contribution in [2.24, 2.45) is 0 Å². The first kappa shape index (κ1) is 13.8. The summed E-state index contributed by atoms with van der Waals surface area (Å²) in [4.78, 5) is 4.39. The van der Waals surface area contributed by atoms with Gasteiger partial charge in [0.25, 0.3) is 0 Å². The number of anilines is 2. The molecule has 6 heteroatoms. The normalized spacial score (nSPS) is 11.3. The van der Waals surface area contributed by atoms with E-state index in [1.165, 1.54) is 12.1 Å². The van der Waals surface area contributed by atoms with Gasteiger partial charge < -0.3 is 5.32 Å². The number of nitrogens with zero attached hydrogens (tertiary/aromatic N) is 3. The van der Waals surface area contributed by atoms with Gasteiger partial charge in [-0.1, -0.05) is 31.5 Å². The third kappa shape index (κ3) is 2.69. The molecule has 0 amide bonds. The molecule has 1 N–H and O–H groups in total. The largest absolute Gasteiger partial charge is 0.352 e. The summed E-state index contributed by atoms with van der Waals surface area (Å²) in [5.74, 6) is -0.0321. The zero-order chi connectivity index (χ0) is 15.0. The fourth-order valence-electron chi connectivity index (χ4n) is 2.16. The van der Waals surface area contributed by atoms with Crippen LogP contribution in [-0.4, -0.2) is 14.6 Å². The SMILES string of the molecule is CC(C)c1cnc2c(Nc3cccc(F)c3)cc(Cl)nn12. The molecule has 108 valence electrons. The molecular formula is C15H14ClFN4. The molecule has 0 unspecified atom stereocenters. The Morgan fingerprint density at radius 2 is 2.10 bits per heavy atom. The van der Waals surface area contributed by atoms with Gasteiger partial charge in [-0.25, -0.2) is 13.9 Å². The summed E-state index contributed by atoms with van der Waals surface area (Å²) in [5, 5.41) is 7.76. The number of hydrogen-bond acceptors (Lipinski definition) is 3. The first-order valence-electron chi connectivity index (χ1n) is 6.61. The molecule has 0 saturated heterocycles. The van der Waals surface area contributed by atoms with Crippen LogP contribution in [0.5, 0.6) is 0 Å². The van der Waals surface area contributed by atoms with Crippen molar-refractivity contribution >= 4 is 28.6 Å². The highest BCUT2D eigenvalue weighted by molar-refractivity contribution is 6.29. The summed E-state index contributed by atoms with van der Waals surface area (Å²) >= 11 is 6.08. The molecule has 0 atom stereocenters. The highest BCUT2D eigenvalue weighted by atomic mass is 35.5.